The average molecular weight is 447 g/mol. The van der Waals surface area contributed by atoms with Crippen molar-refractivity contribution < 1.29 is 9.47 Å². The van der Waals surface area contributed by atoms with Gasteiger partial charge in [-0.25, -0.2) is 0 Å². The second kappa shape index (κ2) is 9.15. The SMILES string of the molecule is Brc1ccc(-c2nsc3cc(OCCCCN4CCOCC4)ccc23)cc1. The molecular formula is C21H23BrN2O2S. The molecule has 27 heavy (non-hydrogen) atoms. The van der Waals surface area contributed by atoms with Crippen LogP contribution >= 0.6 is 27.5 Å². The first-order chi connectivity index (χ1) is 13.3. The Morgan fingerprint density at radius 3 is 2.70 bits per heavy atom. The number of aromatic nitrogens is 1. The first-order valence-electron chi connectivity index (χ1n) is 9.38. The van der Waals surface area contributed by atoms with Gasteiger partial charge in [0.25, 0.3) is 0 Å². The molecule has 4 nitrogen and oxygen atoms in total. The maximum atomic E-state index is 5.96. The third kappa shape index (κ3) is 4.88. The van der Waals surface area contributed by atoms with Crippen molar-refractivity contribution in [3.05, 3.63) is 46.9 Å². The van der Waals surface area contributed by atoms with E-state index in [1.54, 1.807) is 0 Å². The van der Waals surface area contributed by atoms with Crippen molar-refractivity contribution >= 4 is 37.5 Å². The molecule has 1 fully saturated rings. The number of morpholine rings is 1. The van der Waals surface area contributed by atoms with E-state index in [9.17, 15) is 0 Å². The second-order valence-corrected chi connectivity index (χ2v) is 8.43. The van der Waals surface area contributed by atoms with Crippen LogP contribution in [0, 0.1) is 0 Å². The number of rotatable bonds is 7. The first kappa shape index (κ1) is 18.9. The van der Waals surface area contributed by atoms with Crippen molar-refractivity contribution in [1.29, 1.82) is 0 Å². The molecule has 1 saturated heterocycles. The fourth-order valence-electron chi connectivity index (χ4n) is 3.28. The predicted molar refractivity (Wildman–Crippen MR) is 115 cm³/mol. The first-order valence-corrected chi connectivity index (χ1v) is 10.9. The normalized spacial score (nSPS) is 15.3. The van der Waals surface area contributed by atoms with Crippen molar-refractivity contribution in [3.63, 3.8) is 0 Å². The maximum Gasteiger partial charge on any atom is 0.120 e. The summed E-state index contributed by atoms with van der Waals surface area (Å²) >= 11 is 5.01. The van der Waals surface area contributed by atoms with Crippen molar-refractivity contribution in [2.75, 3.05) is 39.5 Å². The Morgan fingerprint density at radius 2 is 1.89 bits per heavy atom. The molecule has 0 aliphatic carbocycles. The molecule has 0 atom stereocenters. The molecule has 1 aliphatic heterocycles. The zero-order chi connectivity index (χ0) is 18.5. The molecule has 0 amide bonds. The zero-order valence-corrected chi connectivity index (χ0v) is 17.6. The zero-order valence-electron chi connectivity index (χ0n) is 15.2. The lowest BCUT2D eigenvalue weighted by Crippen LogP contribution is -2.36. The van der Waals surface area contributed by atoms with Gasteiger partial charge in [0.1, 0.15) is 5.75 Å². The summed E-state index contributed by atoms with van der Waals surface area (Å²) in [5.41, 5.74) is 2.18. The fraction of sp³-hybridized carbons (Fsp3) is 0.381. The Balaban J connectivity index is 1.31. The van der Waals surface area contributed by atoms with E-state index in [-0.39, 0.29) is 0 Å². The van der Waals surface area contributed by atoms with E-state index in [0.29, 0.717) is 0 Å². The molecule has 1 aromatic heterocycles. The van der Waals surface area contributed by atoms with E-state index in [0.717, 1.165) is 73.8 Å². The number of unbranched alkanes of at least 4 members (excludes halogenated alkanes) is 1. The number of ether oxygens (including phenoxy) is 2. The van der Waals surface area contributed by atoms with Crippen LogP contribution in [0.4, 0.5) is 0 Å². The predicted octanol–water partition coefficient (Wildman–Crippen LogP) is 5.22. The summed E-state index contributed by atoms with van der Waals surface area (Å²) in [6, 6.07) is 14.6. The third-order valence-electron chi connectivity index (χ3n) is 4.80. The van der Waals surface area contributed by atoms with Crippen LogP contribution in [-0.4, -0.2) is 48.7 Å². The summed E-state index contributed by atoms with van der Waals surface area (Å²) in [7, 11) is 0. The van der Waals surface area contributed by atoms with E-state index < -0.39 is 0 Å². The molecule has 4 rings (SSSR count). The van der Waals surface area contributed by atoms with Gasteiger partial charge in [0.15, 0.2) is 0 Å². The molecular weight excluding hydrogens is 424 g/mol. The van der Waals surface area contributed by atoms with Crippen molar-refractivity contribution in [2.45, 2.75) is 12.8 Å². The van der Waals surface area contributed by atoms with Crippen molar-refractivity contribution in [3.8, 4) is 17.0 Å². The molecule has 0 unspecified atom stereocenters. The smallest absolute Gasteiger partial charge is 0.120 e. The molecule has 0 bridgehead atoms. The summed E-state index contributed by atoms with van der Waals surface area (Å²) in [6.45, 7) is 5.75. The van der Waals surface area contributed by atoms with Crippen LogP contribution in [-0.2, 0) is 4.74 Å². The lowest BCUT2D eigenvalue weighted by molar-refractivity contribution is 0.0368. The van der Waals surface area contributed by atoms with Gasteiger partial charge in [-0.1, -0.05) is 28.1 Å². The van der Waals surface area contributed by atoms with Gasteiger partial charge >= 0.3 is 0 Å². The second-order valence-electron chi connectivity index (χ2n) is 6.71. The Kier molecular flexibility index (Phi) is 6.39. The lowest BCUT2D eigenvalue weighted by Gasteiger charge is -2.26. The Morgan fingerprint density at radius 1 is 1.07 bits per heavy atom. The highest BCUT2D eigenvalue weighted by molar-refractivity contribution is 9.10. The van der Waals surface area contributed by atoms with Crippen LogP contribution < -0.4 is 4.74 Å². The van der Waals surface area contributed by atoms with Gasteiger partial charge < -0.3 is 9.47 Å². The monoisotopic (exact) mass is 446 g/mol. The molecule has 3 aromatic rings. The minimum Gasteiger partial charge on any atom is -0.494 e. The molecule has 6 heteroatoms. The summed E-state index contributed by atoms with van der Waals surface area (Å²) in [5, 5.41) is 1.18. The summed E-state index contributed by atoms with van der Waals surface area (Å²) < 4.78 is 18.2. The summed E-state index contributed by atoms with van der Waals surface area (Å²) in [6.07, 6.45) is 2.23. The van der Waals surface area contributed by atoms with E-state index in [2.05, 4.69) is 67.7 Å². The number of halogens is 1. The average Bonchev–Trinajstić information content (AvgIpc) is 3.12. The number of benzene rings is 2. The minimum absolute atomic E-state index is 0.758. The van der Waals surface area contributed by atoms with Crippen LogP contribution in [0.1, 0.15) is 12.8 Å². The van der Waals surface area contributed by atoms with E-state index in [4.69, 9.17) is 9.47 Å². The third-order valence-corrected chi connectivity index (χ3v) is 6.14. The maximum absolute atomic E-state index is 5.96. The van der Waals surface area contributed by atoms with Crippen LogP contribution in [0.3, 0.4) is 0 Å². The highest BCUT2D eigenvalue weighted by Gasteiger charge is 2.11. The molecule has 0 N–H and O–H groups in total. The molecule has 142 valence electrons. The van der Waals surface area contributed by atoms with Crippen LogP contribution in [0.2, 0.25) is 0 Å². The van der Waals surface area contributed by atoms with Crippen molar-refractivity contribution in [1.82, 2.24) is 9.27 Å². The number of nitrogens with zero attached hydrogens (tertiary/aromatic N) is 2. The van der Waals surface area contributed by atoms with Crippen LogP contribution in [0.25, 0.3) is 21.3 Å². The minimum atomic E-state index is 0.758. The van der Waals surface area contributed by atoms with Gasteiger partial charge in [-0.3, -0.25) is 4.90 Å². The molecule has 0 saturated carbocycles. The number of hydrogen-bond donors (Lipinski definition) is 0. The molecule has 2 aromatic carbocycles. The highest BCUT2D eigenvalue weighted by Crippen LogP contribution is 2.33. The number of hydrogen-bond acceptors (Lipinski definition) is 5. The van der Waals surface area contributed by atoms with Crippen molar-refractivity contribution in [2.24, 2.45) is 0 Å². The van der Waals surface area contributed by atoms with E-state index in [1.807, 2.05) is 0 Å². The van der Waals surface area contributed by atoms with Crippen LogP contribution in [0.15, 0.2) is 46.9 Å². The van der Waals surface area contributed by atoms with Crippen LogP contribution in [0.5, 0.6) is 5.75 Å². The topological polar surface area (TPSA) is 34.6 Å². The summed E-state index contributed by atoms with van der Waals surface area (Å²) in [4.78, 5) is 2.47. The van der Waals surface area contributed by atoms with Gasteiger partial charge in [0.05, 0.1) is 30.2 Å². The Hall–Kier alpha value is -1.47. The largest absolute Gasteiger partial charge is 0.494 e. The Bertz CT molecular complexity index is 876. The van der Waals surface area contributed by atoms with E-state index in [1.165, 1.54) is 21.6 Å². The Labute approximate surface area is 172 Å². The quantitative estimate of drug-likeness (QED) is 0.466. The molecule has 1 aliphatic rings. The molecule has 0 spiro atoms. The van der Waals surface area contributed by atoms with Gasteiger partial charge in [0.2, 0.25) is 0 Å². The molecule has 0 radical (unpaired) electrons. The van der Waals surface area contributed by atoms with E-state index >= 15 is 0 Å². The molecule has 2 heterocycles. The fourth-order valence-corrected chi connectivity index (χ4v) is 4.37. The van der Waals surface area contributed by atoms with Gasteiger partial charge in [0, 0.05) is 28.5 Å². The van der Waals surface area contributed by atoms with Gasteiger partial charge in [-0.2, -0.15) is 4.37 Å². The standard InChI is InChI=1S/C21H23BrN2O2S/c22-17-5-3-16(4-6-17)21-19-8-7-18(15-20(19)27-23-21)26-12-2-1-9-24-10-13-25-14-11-24/h3-8,15H,1-2,9-14H2. The van der Waals surface area contributed by atoms with Gasteiger partial charge in [-0.15, -0.1) is 0 Å². The summed E-state index contributed by atoms with van der Waals surface area (Å²) in [5.74, 6) is 0.930. The highest BCUT2D eigenvalue weighted by atomic mass is 79.9. The number of fused-ring (bicyclic) bond motifs is 1. The lowest BCUT2D eigenvalue weighted by atomic mass is 10.1. The van der Waals surface area contributed by atoms with Gasteiger partial charge in [-0.05, 0) is 61.3 Å².